The molecular weight excluding hydrogens is 380 g/mol. The number of ether oxygens (including phenoxy) is 3. The van der Waals surface area contributed by atoms with Crippen molar-refractivity contribution in [1.82, 2.24) is 4.98 Å². The van der Waals surface area contributed by atoms with E-state index in [1.807, 2.05) is 0 Å². The Bertz CT molecular complexity index is 1030. The van der Waals surface area contributed by atoms with Crippen molar-refractivity contribution in [2.75, 3.05) is 26.2 Å². The van der Waals surface area contributed by atoms with Crippen LogP contribution in [0.2, 0.25) is 0 Å². The van der Waals surface area contributed by atoms with Crippen molar-refractivity contribution in [3.05, 3.63) is 52.9 Å². The molecule has 0 atom stereocenters. The number of aromatic nitrogens is 1. The van der Waals surface area contributed by atoms with E-state index in [-0.39, 0.29) is 11.8 Å². The highest BCUT2D eigenvalue weighted by atomic mass is 32.1. The molecule has 1 aliphatic rings. The van der Waals surface area contributed by atoms with E-state index in [1.54, 1.807) is 41.8 Å². The molecule has 142 valence electrons. The number of carbonyl (C=O) groups excluding carboxylic acids is 2. The van der Waals surface area contributed by atoms with E-state index in [2.05, 4.69) is 4.98 Å². The van der Waals surface area contributed by atoms with Crippen LogP contribution in [0.1, 0.15) is 20.7 Å². The van der Waals surface area contributed by atoms with Gasteiger partial charge >= 0.3 is 0 Å². The van der Waals surface area contributed by atoms with Gasteiger partial charge in [-0.05, 0) is 24.3 Å². The fraction of sp³-hybridized carbons (Fsp3) is 0.150. The topological polar surface area (TPSA) is 78.0 Å². The summed E-state index contributed by atoms with van der Waals surface area (Å²) >= 11 is 1.22. The summed E-state index contributed by atoms with van der Waals surface area (Å²) in [5.74, 6) is 0.724. The lowest BCUT2D eigenvalue weighted by Gasteiger charge is -2.13. The smallest absolute Gasteiger partial charge is 0.268 e. The lowest BCUT2D eigenvalue weighted by Crippen LogP contribution is -2.29. The summed E-state index contributed by atoms with van der Waals surface area (Å²) in [5.41, 5.74) is 2.08. The highest BCUT2D eigenvalue weighted by Gasteiger charge is 2.38. The molecule has 1 aliphatic heterocycles. The summed E-state index contributed by atoms with van der Waals surface area (Å²) in [7, 11) is 4.60. The molecule has 4 rings (SSSR count). The first-order chi connectivity index (χ1) is 13.6. The molecular formula is C20H16N2O5S. The van der Waals surface area contributed by atoms with E-state index < -0.39 is 0 Å². The van der Waals surface area contributed by atoms with Crippen LogP contribution in [0.4, 0.5) is 5.13 Å². The minimum atomic E-state index is -0.369. The number of hydrogen-bond donors (Lipinski definition) is 0. The Morgan fingerprint density at radius 1 is 0.893 bits per heavy atom. The van der Waals surface area contributed by atoms with Crippen molar-refractivity contribution in [1.29, 1.82) is 0 Å². The Morgan fingerprint density at radius 3 is 1.96 bits per heavy atom. The van der Waals surface area contributed by atoms with Gasteiger partial charge in [-0.1, -0.05) is 12.1 Å². The first-order valence-corrected chi connectivity index (χ1v) is 9.20. The first kappa shape index (κ1) is 18.0. The van der Waals surface area contributed by atoms with E-state index >= 15 is 0 Å². The number of hydrogen-bond acceptors (Lipinski definition) is 7. The van der Waals surface area contributed by atoms with Gasteiger partial charge in [0.1, 0.15) is 0 Å². The van der Waals surface area contributed by atoms with Gasteiger partial charge in [0.05, 0.1) is 38.2 Å². The fourth-order valence-corrected chi connectivity index (χ4v) is 3.92. The van der Waals surface area contributed by atoms with Crippen molar-refractivity contribution in [3.63, 3.8) is 0 Å². The Kier molecular flexibility index (Phi) is 4.48. The monoisotopic (exact) mass is 396 g/mol. The van der Waals surface area contributed by atoms with Crippen LogP contribution in [-0.2, 0) is 0 Å². The third kappa shape index (κ3) is 2.69. The lowest BCUT2D eigenvalue weighted by atomic mass is 10.1. The molecule has 0 saturated carbocycles. The third-order valence-electron chi connectivity index (χ3n) is 4.44. The predicted octanol–water partition coefficient (Wildman–Crippen LogP) is 3.64. The molecule has 7 nitrogen and oxygen atoms in total. The Balaban J connectivity index is 1.73. The van der Waals surface area contributed by atoms with E-state index in [9.17, 15) is 9.59 Å². The fourth-order valence-electron chi connectivity index (χ4n) is 3.09. The van der Waals surface area contributed by atoms with Crippen LogP contribution in [0.3, 0.4) is 0 Å². The number of anilines is 1. The van der Waals surface area contributed by atoms with Gasteiger partial charge in [0, 0.05) is 10.9 Å². The maximum Gasteiger partial charge on any atom is 0.268 e. The minimum absolute atomic E-state index is 0.315. The standard InChI is InChI=1S/C20H16N2O5S/c1-25-15-8-11(9-16(26-2)17(15)27-3)14-10-28-20(21-14)22-18(23)12-6-4-5-7-13(12)19(22)24/h4-10H,1-3H3. The van der Waals surface area contributed by atoms with Crippen molar-refractivity contribution < 1.29 is 23.8 Å². The average Bonchev–Trinajstić information content (AvgIpc) is 3.30. The van der Waals surface area contributed by atoms with Gasteiger partial charge in [0.2, 0.25) is 5.75 Å². The first-order valence-electron chi connectivity index (χ1n) is 8.32. The van der Waals surface area contributed by atoms with E-state index in [4.69, 9.17) is 14.2 Å². The quantitative estimate of drug-likeness (QED) is 0.613. The molecule has 0 spiro atoms. The maximum atomic E-state index is 12.7. The second kappa shape index (κ2) is 6.97. The Morgan fingerprint density at radius 2 is 1.46 bits per heavy atom. The molecule has 0 unspecified atom stereocenters. The van der Waals surface area contributed by atoms with Crippen LogP contribution in [-0.4, -0.2) is 38.1 Å². The van der Waals surface area contributed by atoms with Crippen molar-refractivity contribution in [2.45, 2.75) is 0 Å². The average molecular weight is 396 g/mol. The van der Waals surface area contributed by atoms with Gasteiger partial charge in [-0.2, -0.15) is 0 Å². The lowest BCUT2D eigenvalue weighted by molar-refractivity contribution is 0.0926. The summed E-state index contributed by atoms with van der Waals surface area (Å²) in [6.45, 7) is 0. The Hall–Kier alpha value is -3.39. The number of amides is 2. The molecule has 2 heterocycles. The second-order valence-corrected chi connectivity index (χ2v) is 6.76. The largest absolute Gasteiger partial charge is 0.493 e. The summed E-state index contributed by atoms with van der Waals surface area (Å²) in [4.78, 5) is 30.9. The molecule has 1 aromatic heterocycles. The molecule has 0 bridgehead atoms. The number of imide groups is 1. The zero-order chi connectivity index (χ0) is 19.8. The van der Waals surface area contributed by atoms with Gasteiger partial charge < -0.3 is 14.2 Å². The van der Waals surface area contributed by atoms with Gasteiger partial charge in [-0.15, -0.1) is 11.3 Å². The number of fused-ring (bicyclic) bond motifs is 1. The highest BCUT2D eigenvalue weighted by Crippen LogP contribution is 2.42. The zero-order valence-corrected chi connectivity index (χ0v) is 16.2. The molecule has 2 amide bonds. The van der Waals surface area contributed by atoms with Crippen molar-refractivity contribution in [2.24, 2.45) is 0 Å². The molecule has 0 aliphatic carbocycles. The van der Waals surface area contributed by atoms with Crippen LogP contribution >= 0.6 is 11.3 Å². The summed E-state index contributed by atoms with van der Waals surface area (Å²) in [6.07, 6.45) is 0. The molecule has 0 radical (unpaired) electrons. The summed E-state index contributed by atoms with van der Waals surface area (Å²) in [5, 5.41) is 2.09. The van der Waals surface area contributed by atoms with Crippen LogP contribution < -0.4 is 19.1 Å². The number of methoxy groups -OCH3 is 3. The van der Waals surface area contributed by atoms with Crippen LogP contribution in [0.25, 0.3) is 11.3 Å². The normalized spacial score (nSPS) is 12.9. The SMILES string of the molecule is COc1cc(-c2csc(N3C(=O)c4ccccc4C3=O)n2)cc(OC)c1OC. The Labute approximate surface area is 165 Å². The van der Waals surface area contributed by atoms with Gasteiger partial charge in [-0.3, -0.25) is 9.59 Å². The third-order valence-corrected chi connectivity index (χ3v) is 5.26. The van der Waals surface area contributed by atoms with E-state index in [0.717, 1.165) is 4.90 Å². The van der Waals surface area contributed by atoms with Crippen molar-refractivity contribution in [3.8, 4) is 28.5 Å². The second-order valence-electron chi connectivity index (χ2n) is 5.92. The zero-order valence-electron chi connectivity index (χ0n) is 15.4. The van der Waals surface area contributed by atoms with Crippen LogP contribution in [0.5, 0.6) is 17.2 Å². The predicted molar refractivity (Wildman–Crippen MR) is 105 cm³/mol. The highest BCUT2D eigenvalue weighted by molar-refractivity contribution is 7.14. The van der Waals surface area contributed by atoms with Crippen molar-refractivity contribution >= 4 is 28.3 Å². The number of thiazole rings is 1. The minimum Gasteiger partial charge on any atom is -0.493 e. The number of rotatable bonds is 5. The summed E-state index contributed by atoms with van der Waals surface area (Å²) in [6, 6.07) is 10.3. The molecule has 8 heteroatoms. The summed E-state index contributed by atoms with van der Waals surface area (Å²) < 4.78 is 16.1. The van der Waals surface area contributed by atoms with E-state index in [0.29, 0.717) is 44.8 Å². The number of nitrogens with zero attached hydrogens (tertiary/aromatic N) is 2. The molecule has 28 heavy (non-hydrogen) atoms. The molecule has 0 N–H and O–H groups in total. The van der Waals surface area contributed by atoms with E-state index in [1.165, 1.54) is 32.7 Å². The number of benzene rings is 2. The number of carbonyl (C=O) groups is 2. The molecule has 2 aromatic carbocycles. The van der Waals surface area contributed by atoms with Crippen LogP contribution in [0.15, 0.2) is 41.8 Å². The molecule has 0 saturated heterocycles. The van der Waals surface area contributed by atoms with Gasteiger partial charge in [0.15, 0.2) is 16.6 Å². The van der Waals surface area contributed by atoms with Gasteiger partial charge in [-0.25, -0.2) is 9.88 Å². The molecule has 0 fully saturated rings. The van der Waals surface area contributed by atoms with Gasteiger partial charge in [0.25, 0.3) is 11.8 Å². The molecule has 3 aromatic rings. The maximum absolute atomic E-state index is 12.7. The van der Waals surface area contributed by atoms with Crippen LogP contribution in [0, 0.1) is 0 Å².